The highest BCUT2D eigenvalue weighted by molar-refractivity contribution is 14.0. The van der Waals surface area contributed by atoms with Gasteiger partial charge in [-0.2, -0.15) is 0 Å². The molecule has 0 atom stereocenters. The number of rotatable bonds is 10. The van der Waals surface area contributed by atoms with Crippen LogP contribution in [0.15, 0.2) is 17.1 Å². The molecule has 154 valence electrons. The van der Waals surface area contributed by atoms with E-state index in [1.54, 1.807) is 21.3 Å². The lowest BCUT2D eigenvalue weighted by atomic mass is 10.2. The Morgan fingerprint density at radius 2 is 1.63 bits per heavy atom. The fraction of sp³-hybridized carbons (Fsp3) is 0.556. The zero-order chi connectivity index (χ0) is 19.4. The van der Waals surface area contributed by atoms with E-state index >= 15 is 0 Å². The Labute approximate surface area is 178 Å². The summed E-state index contributed by atoms with van der Waals surface area (Å²) in [5, 5.41) is 8.95. The van der Waals surface area contributed by atoms with Crippen LogP contribution in [0.1, 0.15) is 25.8 Å². The molecule has 0 radical (unpaired) electrons. The predicted molar refractivity (Wildman–Crippen MR) is 118 cm³/mol. The molecule has 9 heteroatoms. The third-order valence-electron chi connectivity index (χ3n) is 3.48. The van der Waals surface area contributed by atoms with Gasteiger partial charge in [0, 0.05) is 13.1 Å². The van der Waals surface area contributed by atoms with Crippen molar-refractivity contribution in [3.8, 4) is 17.2 Å². The largest absolute Gasteiger partial charge is 0.493 e. The van der Waals surface area contributed by atoms with E-state index < -0.39 is 0 Å². The van der Waals surface area contributed by atoms with Crippen molar-refractivity contribution in [3.05, 3.63) is 17.7 Å². The molecule has 1 aromatic rings. The summed E-state index contributed by atoms with van der Waals surface area (Å²) in [7, 11) is 4.71. The van der Waals surface area contributed by atoms with E-state index in [1.807, 2.05) is 26.0 Å². The minimum Gasteiger partial charge on any atom is -0.493 e. The number of amides is 1. The number of benzene rings is 1. The standard InChI is InChI=1S/C18H30N4O4.HI/c1-6-8-20-16(23)12-22-18(19-7-2)21-11-13-9-14(24-3)17(26-5)15(10-13)25-4;/h9-10H,6-8,11-12H2,1-5H3,(H,20,23)(H2,19,21,22);1H. The summed E-state index contributed by atoms with van der Waals surface area (Å²) in [5.74, 6) is 2.20. The lowest BCUT2D eigenvalue weighted by Crippen LogP contribution is -2.43. The van der Waals surface area contributed by atoms with Crippen molar-refractivity contribution in [1.29, 1.82) is 0 Å². The molecule has 0 aromatic heterocycles. The molecule has 3 N–H and O–H groups in total. The second kappa shape index (κ2) is 14.2. The zero-order valence-corrected chi connectivity index (χ0v) is 19.0. The van der Waals surface area contributed by atoms with E-state index in [2.05, 4.69) is 20.9 Å². The first-order valence-corrected chi connectivity index (χ1v) is 8.67. The first kappa shape index (κ1) is 25.1. The average Bonchev–Trinajstić information content (AvgIpc) is 2.67. The van der Waals surface area contributed by atoms with E-state index in [0.717, 1.165) is 12.0 Å². The molecule has 0 aliphatic carbocycles. The molecule has 0 spiro atoms. The minimum atomic E-state index is -0.0646. The molecule has 1 aromatic carbocycles. The molecule has 0 heterocycles. The number of methoxy groups -OCH3 is 3. The van der Waals surface area contributed by atoms with E-state index in [4.69, 9.17) is 14.2 Å². The van der Waals surface area contributed by atoms with Gasteiger partial charge in [0.15, 0.2) is 17.5 Å². The van der Waals surface area contributed by atoms with Gasteiger partial charge in [-0.05, 0) is 31.0 Å². The topological polar surface area (TPSA) is 93.2 Å². The molecule has 0 bridgehead atoms. The Hall–Kier alpha value is -1.91. The van der Waals surface area contributed by atoms with Gasteiger partial charge < -0.3 is 30.2 Å². The number of carbonyl (C=O) groups excluding carboxylic acids is 1. The van der Waals surface area contributed by atoms with Crippen LogP contribution in [0.4, 0.5) is 0 Å². The quantitative estimate of drug-likeness (QED) is 0.262. The highest BCUT2D eigenvalue weighted by Gasteiger charge is 2.13. The number of carbonyl (C=O) groups is 1. The number of ether oxygens (including phenoxy) is 3. The van der Waals surface area contributed by atoms with Crippen LogP contribution in [0, 0.1) is 0 Å². The van der Waals surface area contributed by atoms with Crippen molar-refractivity contribution in [2.45, 2.75) is 26.8 Å². The number of hydrogen-bond acceptors (Lipinski definition) is 5. The lowest BCUT2D eigenvalue weighted by Gasteiger charge is -2.14. The molecule has 8 nitrogen and oxygen atoms in total. The minimum absolute atomic E-state index is 0. The van der Waals surface area contributed by atoms with Crippen molar-refractivity contribution in [3.63, 3.8) is 0 Å². The van der Waals surface area contributed by atoms with Gasteiger partial charge in [-0.25, -0.2) is 4.99 Å². The number of halogens is 1. The normalized spacial score (nSPS) is 10.5. The Morgan fingerprint density at radius 1 is 1.00 bits per heavy atom. The molecule has 0 fully saturated rings. The van der Waals surface area contributed by atoms with E-state index in [1.165, 1.54) is 0 Å². The smallest absolute Gasteiger partial charge is 0.239 e. The third kappa shape index (κ3) is 8.55. The monoisotopic (exact) mass is 494 g/mol. The maximum atomic E-state index is 11.7. The molecule has 0 aliphatic heterocycles. The van der Waals surface area contributed by atoms with Crippen LogP contribution in [0.25, 0.3) is 0 Å². The van der Waals surface area contributed by atoms with Crippen molar-refractivity contribution < 1.29 is 19.0 Å². The summed E-state index contributed by atoms with van der Waals surface area (Å²) in [6.07, 6.45) is 0.904. The average molecular weight is 494 g/mol. The fourth-order valence-corrected chi connectivity index (χ4v) is 2.23. The number of aliphatic imine (C=N–C) groups is 1. The van der Waals surface area contributed by atoms with E-state index in [0.29, 0.717) is 42.8 Å². The molecule has 27 heavy (non-hydrogen) atoms. The van der Waals surface area contributed by atoms with Crippen LogP contribution in [-0.4, -0.2) is 52.8 Å². The summed E-state index contributed by atoms with van der Waals surface area (Å²) in [4.78, 5) is 16.2. The first-order chi connectivity index (χ1) is 12.6. The number of hydrogen-bond donors (Lipinski definition) is 3. The predicted octanol–water partition coefficient (Wildman–Crippen LogP) is 1.91. The summed E-state index contributed by atoms with van der Waals surface area (Å²) < 4.78 is 16.0. The first-order valence-electron chi connectivity index (χ1n) is 8.67. The second-order valence-electron chi connectivity index (χ2n) is 5.43. The lowest BCUT2D eigenvalue weighted by molar-refractivity contribution is -0.120. The number of nitrogens with zero attached hydrogens (tertiary/aromatic N) is 1. The molecule has 0 saturated heterocycles. The van der Waals surface area contributed by atoms with Crippen molar-refractivity contribution >= 4 is 35.8 Å². The molecule has 0 aliphatic rings. The Morgan fingerprint density at radius 3 is 2.11 bits per heavy atom. The van der Waals surface area contributed by atoms with Crippen molar-refractivity contribution in [2.24, 2.45) is 4.99 Å². The Kier molecular flexibility index (Phi) is 13.2. The zero-order valence-electron chi connectivity index (χ0n) is 16.7. The van der Waals surface area contributed by atoms with Gasteiger partial charge >= 0.3 is 0 Å². The number of nitrogens with one attached hydrogen (secondary N) is 3. The third-order valence-corrected chi connectivity index (χ3v) is 3.48. The van der Waals surface area contributed by atoms with Crippen LogP contribution >= 0.6 is 24.0 Å². The van der Waals surface area contributed by atoms with Crippen molar-refractivity contribution in [2.75, 3.05) is 41.0 Å². The molecule has 1 rings (SSSR count). The molecule has 0 saturated carbocycles. The van der Waals surface area contributed by atoms with Gasteiger partial charge in [0.05, 0.1) is 34.4 Å². The van der Waals surface area contributed by atoms with E-state index in [9.17, 15) is 4.79 Å². The van der Waals surface area contributed by atoms with Gasteiger partial charge in [0.2, 0.25) is 11.7 Å². The molecule has 0 unspecified atom stereocenters. The summed E-state index contributed by atoms with van der Waals surface area (Å²) >= 11 is 0. The Bertz CT molecular complexity index is 586. The summed E-state index contributed by atoms with van der Waals surface area (Å²) in [6, 6.07) is 3.70. The van der Waals surface area contributed by atoms with E-state index in [-0.39, 0.29) is 36.4 Å². The summed E-state index contributed by atoms with van der Waals surface area (Å²) in [6.45, 7) is 5.89. The second-order valence-corrected chi connectivity index (χ2v) is 5.43. The number of guanidine groups is 1. The van der Waals surface area contributed by atoms with Gasteiger partial charge in [0.1, 0.15) is 0 Å². The van der Waals surface area contributed by atoms with Crippen LogP contribution in [0.3, 0.4) is 0 Å². The SMILES string of the molecule is CCCNC(=O)CNC(=NCc1cc(OC)c(OC)c(OC)c1)NCC.I. The van der Waals surface area contributed by atoms with Crippen molar-refractivity contribution in [1.82, 2.24) is 16.0 Å². The molecular weight excluding hydrogens is 463 g/mol. The molecular formula is C18H31IN4O4. The fourth-order valence-electron chi connectivity index (χ4n) is 2.23. The maximum absolute atomic E-state index is 11.7. The van der Waals surface area contributed by atoms with Gasteiger partial charge in [-0.1, -0.05) is 6.92 Å². The Balaban J connectivity index is 0.00000676. The highest BCUT2D eigenvalue weighted by atomic mass is 127. The van der Waals surface area contributed by atoms with Crippen LogP contribution < -0.4 is 30.2 Å². The van der Waals surface area contributed by atoms with Gasteiger partial charge in [-0.3, -0.25) is 4.79 Å². The summed E-state index contributed by atoms with van der Waals surface area (Å²) in [5.41, 5.74) is 0.895. The highest BCUT2D eigenvalue weighted by Crippen LogP contribution is 2.38. The molecule has 1 amide bonds. The van der Waals surface area contributed by atoms with Crippen LogP contribution in [0.2, 0.25) is 0 Å². The van der Waals surface area contributed by atoms with Gasteiger partial charge in [-0.15, -0.1) is 24.0 Å². The van der Waals surface area contributed by atoms with Gasteiger partial charge in [0.25, 0.3) is 0 Å². The van der Waals surface area contributed by atoms with Crippen LogP contribution in [-0.2, 0) is 11.3 Å². The van der Waals surface area contributed by atoms with Crippen LogP contribution in [0.5, 0.6) is 17.2 Å². The maximum Gasteiger partial charge on any atom is 0.239 e.